The molecule has 1 atom stereocenters. The molecule has 2 aromatic rings. The highest BCUT2D eigenvalue weighted by Crippen LogP contribution is 2.16. The number of hydrogen-bond acceptors (Lipinski definition) is 5. The van der Waals surface area contributed by atoms with Crippen LogP contribution in [0.25, 0.3) is 0 Å². The summed E-state index contributed by atoms with van der Waals surface area (Å²) in [5, 5.41) is 0. The predicted octanol–water partition coefficient (Wildman–Crippen LogP) is 3.00. The van der Waals surface area contributed by atoms with Crippen molar-refractivity contribution < 1.29 is 17.9 Å². The molecule has 5 nitrogen and oxygen atoms in total. The van der Waals surface area contributed by atoms with Crippen LogP contribution in [-0.4, -0.2) is 33.3 Å². The SMILES string of the molecule is CCc1ccc(S(=O)(=O)NC(CSCc2ccccc2)C(=O)OC)cc1. The van der Waals surface area contributed by atoms with Crippen LogP contribution in [0.5, 0.6) is 0 Å². The Morgan fingerprint density at radius 3 is 2.31 bits per heavy atom. The lowest BCUT2D eigenvalue weighted by Crippen LogP contribution is -2.43. The van der Waals surface area contributed by atoms with Gasteiger partial charge < -0.3 is 4.74 Å². The van der Waals surface area contributed by atoms with Gasteiger partial charge in [-0.2, -0.15) is 16.5 Å². The molecule has 0 aliphatic carbocycles. The Hall–Kier alpha value is -1.83. The van der Waals surface area contributed by atoms with Crippen molar-refractivity contribution >= 4 is 27.8 Å². The van der Waals surface area contributed by atoms with Crippen molar-refractivity contribution in [2.24, 2.45) is 0 Å². The third-order valence-electron chi connectivity index (χ3n) is 3.82. The lowest BCUT2D eigenvalue weighted by molar-refractivity contribution is -0.141. The Balaban J connectivity index is 2.04. The normalized spacial score (nSPS) is 12.5. The summed E-state index contributed by atoms with van der Waals surface area (Å²) in [6, 6.07) is 15.5. The fourth-order valence-corrected chi connectivity index (χ4v) is 4.61. The van der Waals surface area contributed by atoms with Gasteiger partial charge in [0.15, 0.2) is 0 Å². The van der Waals surface area contributed by atoms with Gasteiger partial charge in [-0.1, -0.05) is 49.4 Å². The van der Waals surface area contributed by atoms with Crippen LogP contribution in [0.2, 0.25) is 0 Å². The van der Waals surface area contributed by atoms with Gasteiger partial charge in [-0.05, 0) is 29.7 Å². The summed E-state index contributed by atoms with van der Waals surface area (Å²) in [7, 11) is -2.55. The molecule has 0 fully saturated rings. The van der Waals surface area contributed by atoms with E-state index in [0.29, 0.717) is 5.75 Å². The topological polar surface area (TPSA) is 72.5 Å². The first kappa shape index (κ1) is 20.5. The maximum Gasteiger partial charge on any atom is 0.324 e. The Labute approximate surface area is 159 Å². The van der Waals surface area contributed by atoms with Gasteiger partial charge in [0.05, 0.1) is 12.0 Å². The van der Waals surface area contributed by atoms with E-state index < -0.39 is 22.0 Å². The lowest BCUT2D eigenvalue weighted by atomic mass is 10.2. The van der Waals surface area contributed by atoms with Gasteiger partial charge in [-0.3, -0.25) is 4.79 Å². The van der Waals surface area contributed by atoms with Crippen LogP contribution < -0.4 is 4.72 Å². The van der Waals surface area contributed by atoms with Crippen LogP contribution in [0.4, 0.5) is 0 Å². The summed E-state index contributed by atoms with van der Waals surface area (Å²) in [5.41, 5.74) is 2.16. The second-order valence-electron chi connectivity index (χ2n) is 5.70. The van der Waals surface area contributed by atoms with Crippen LogP contribution in [0, 0.1) is 0 Å². The Kier molecular flexibility index (Phi) is 7.68. The zero-order chi connectivity index (χ0) is 19.0. The molecule has 1 N–H and O–H groups in total. The molecule has 0 heterocycles. The van der Waals surface area contributed by atoms with Crippen molar-refractivity contribution in [3.63, 3.8) is 0 Å². The van der Waals surface area contributed by atoms with Gasteiger partial charge in [-0.25, -0.2) is 8.42 Å². The molecule has 2 rings (SSSR count). The fourth-order valence-electron chi connectivity index (χ4n) is 2.32. The number of ether oxygens (including phenoxy) is 1. The molecular weight excluding hydrogens is 370 g/mol. The van der Waals surface area contributed by atoms with E-state index in [1.165, 1.54) is 18.9 Å². The molecule has 26 heavy (non-hydrogen) atoms. The lowest BCUT2D eigenvalue weighted by Gasteiger charge is -2.16. The van der Waals surface area contributed by atoms with E-state index in [-0.39, 0.29) is 10.6 Å². The average Bonchev–Trinajstić information content (AvgIpc) is 2.67. The minimum atomic E-state index is -3.80. The number of esters is 1. The number of thioether (sulfide) groups is 1. The van der Waals surface area contributed by atoms with Crippen molar-refractivity contribution in [1.82, 2.24) is 4.72 Å². The molecular formula is C19H23NO4S2. The molecule has 0 spiro atoms. The first-order valence-corrected chi connectivity index (χ1v) is 10.9. The highest BCUT2D eigenvalue weighted by molar-refractivity contribution is 7.98. The maximum absolute atomic E-state index is 12.6. The quantitative estimate of drug-likeness (QED) is 0.663. The van der Waals surface area contributed by atoms with Gasteiger partial charge in [0.2, 0.25) is 10.0 Å². The summed E-state index contributed by atoms with van der Waals surface area (Å²) >= 11 is 1.47. The Morgan fingerprint density at radius 1 is 1.08 bits per heavy atom. The molecule has 7 heteroatoms. The number of sulfonamides is 1. The first-order chi connectivity index (χ1) is 12.5. The maximum atomic E-state index is 12.6. The highest BCUT2D eigenvalue weighted by Gasteiger charge is 2.26. The second-order valence-corrected chi connectivity index (χ2v) is 8.44. The molecule has 140 valence electrons. The van der Waals surface area contributed by atoms with Crippen LogP contribution in [0.3, 0.4) is 0 Å². The van der Waals surface area contributed by atoms with Crippen molar-refractivity contribution in [1.29, 1.82) is 0 Å². The molecule has 0 aliphatic heterocycles. The van der Waals surface area contributed by atoms with E-state index >= 15 is 0 Å². The number of benzene rings is 2. The molecule has 2 aromatic carbocycles. The number of rotatable bonds is 9. The van der Waals surface area contributed by atoms with E-state index in [4.69, 9.17) is 4.74 Å². The Bertz CT molecular complexity index is 805. The molecule has 0 bridgehead atoms. The zero-order valence-electron chi connectivity index (χ0n) is 14.8. The van der Waals surface area contributed by atoms with Crippen molar-refractivity contribution in [2.45, 2.75) is 30.0 Å². The molecule has 0 radical (unpaired) electrons. The smallest absolute Gasteiger partial charge is 0.324 e. The third kappa shape index (κ3) is 5.86. The van der Waals surface area contributed by atoms with Crippen LogP contribution in [0.1, 0.15) is 18.1 Å². The number of nitrogens with one attached hydrogen (secondary N) is 1. The van der Waals surface area contributed by atoms with Crippen molar-refractivity contribution in [3.05, 3.63) is 65.7 Å². The van der Waals surface area contributed by atoms with E-state index in [1.807, 2.05) is 37.3 Å². The predicted molar refractivity (Wildman–Crippen MR) is 105 cm³/mol. The minimum absolute atomic E-state index is 0.136. The molecule has 1 unspecified atom stereocenters. The average molecular weight is 394 g/mol. The molecule has 0 aromatic heterocycles. The van der Waals surface area contributed by atoms with Gasteiger partial charge in [0.25, 0.3) is 0 Å². The standard InChI is InChI=1S/C19H23NO4S2/c1-3-15-9-11-17(12-10-15)26(22,23)20-18(19(21)24-2)14-25-13-16-7-5-4-6-8-16/h4-12,18,20H,3,13-14H2,1-2H3. The van der Waals surface area contributed by atoms with Crippen LogP contribution >= 0.6 is 11.8 Å². The van der Waals surface area contributed by atoms with Crippen molar-refractivity contribution in [2.75, 3.05) is 12.9 Å². The summed E-state index contributed by atoms with van der Waals surface area (Å²) < 4.78 is 32.4. The number of carbonyl (C=O) groups is 1. The van der Waals surface area contributed by atoms with Gasteiger partial charge >= 0.3 is 5.97 Å². The molecule has 0 amide bonds. The number of methoxy groups -OCH3 is 1. The fraction of sp³-hybridized carbons (Fsp3) is 0.316. The zero-order valence-corrected chi connectivity index (χ0v) is 16.5. The molecule has 0 saturated carbocycles. The largest absolute Gasteiger partial charge is 0.468 e. The van der Waals surface area contributed by atoms with Gasteiger partial charge in [0.1, 0.15) is 6.04 Å². The highest BCUT2D eigenvalue weighted by atomic mass is 32.2. The van der Waals surface area contributed by atoms with E-state index in [9.17, 15) is 13.2 Å². The van der Waals surface area contributed by atoms with E-state index in [0.717, 1.165) is 17.5 Å². The van der Waals surface area contributed by atoms with Gasteiger partial charge in [0, 0.05) is 11.5 Å². The summed E-state index contributed by atoms with van der Waals surface area (Å²) in [4.78, 5) is 12.1. The molecule has 0 saturated heterocycles. The number of carbonyl (C=O) groups excluding carboxylic acids is 1. The van der Waals surface area contributed by atoms with E-state index in [2.05, 4.69) is 4.72 Å². The minimum Gasteiger partial charge on any atom is -0.468 e. The van der Waals surface area contributed by atoms with Gasteiger partial charge in [-0.15, -0.1) is 0 Å². The van der Waals surface area contributed by atoms with E-state index in [1.54, 1.807) is 24.3 Å². The number of aryl methyl sites for hydroxylation is 1. The van der Waals surface area contributed by atoms with Crippen molar-refractivity contribution in [3.8, 4) is 0 Å². The number of hydrogen-bond donors (Lipinski definition) is 1. The first-order valence-electron chi connectivity index (χ1n) is 8.27. The summed E-state index contributed by atoms with van der Waals surface area (Å²) in [5.74, 6) is 0.370. The van der Waals surface area contributed by atoms with Crippen LogP contribution in [-0.2, 0) is 31.7 Å². The Morgan fingerprint density at radius 2 is 1.73 bits per heavy atom. The third-order valence-corrected chi connectivity index (χ3v) is 6.42. The molecule has 0 aliphatic rings. The van der Waals surface area contributed by atoms with Crippen LogP contribution in [0.15, 0.2) is 59.5 Å². The second kappa shape index (κ2) is 9.75. The monoisotopic (exact) mass is 393 g/mol. The summed E-state index contributed by atoms with van der Waals surface area (Å²) in [6.07, 6.45) is 0.828. The summed E-state index contributed by atoms with van der Waals surface area (Å²) in [6.45, 7) is 2.00.